The third-order valence-electron chi connectivity index (χ3n) is 3.27. The summed E-state index contributed by atoms with van der Waals surface area (Å²) in [6.45, 7) is 6.95. The number of amides is 1. The second kappa shape index (κ2) is 9.09. The Hall–Kier alpha value is -2.02. The van der Waals surface area contributed by atoms with Crippen LogP contribution in [0.4, 0.5) is 0 Å². The maximum absolute atomic E-state index is 12.6. The highest BCUT2D eigenvalue weighted by atomic mass is 16.5. The van der Waals surface area contributed by atoms with Gasteiger partial charge in [-0.15, -0.1) is 0 Å². The van der Waals surface area contributed by atoms with Gasteiger partial charge in [0.1, 0.15) is 6.33 Å². The van der Waals surface area contributed by atoms with Crippen LogP contribution in [0.3, 0.4) is 0 Å². The van der Waals surface area contributed by atoms with E-state index in [-0.39, 0.29) is 12.5 Å². The molecule has 0 fully saturated rings. The molecule has 0 radical (unpaired) electrons. The smallest absolute Gasteiger partial charge is 0.308 e. The summed E-state index contributed by atoms with van der Waals surface area (Å²) in [4.78, 5) is 33.1. The Bertz CT molecular complexity index is 507. The van der Waals surface area contributed by atoms with Gasteiger partial charge < -0.3 is 14.7 Å². The maximum atomic E-state index is 12.6. The molecule has 122 valence electrons. The van der Waals surface area contributed by atoms with Gasteiger partial charge in [-0.05, 0) is 20.3 Å². The highest BCUT2D eigenvalue weighted by Crippen LogP contribution is 2.10. The lowest BCUT2D eigenvalue weighted by Crippen LogP contribution is -2.38. The maximum Gasteiger partial charge on any atom is 0.308 e. The lowest BCUT2D eigenvalue weighted by molar-refractivity contribution is -0.141. The summed E-state index contributed by atoms with van der Waals surface area (Å²) in [5.74, 6) is -1.81. The van der Waals surface area contributed by atoms with E-state index in [0.717, 1.165) is 0 Å². The molecule has 0 aliphatic rings. The molecule has 0 saturated carbocycles. The number of carboxylic acids is 1. The minimum absolute atomic E-state index is 0.147. The van der Waals surface area contributed by atoms with Gasteiger partial charge in [0.05, 0.1) is 17.2 Å². The summed E-state index contributed by atoms with van der Waals surface area (Å²) in [6.07, 6.45) is 3.50. The number of carbonyl (C=O) groups excluding carboxylic acids is 1. The van der Waals surface area contributed by atoms with E-state index >= 15 is 0 Å². The van der Waals surface area contributed by atoms with Crippen LogP contribution in [0.1, 0.15) is 36.3 Å². The summed E-state index contributed by atoms with van der Waals surface area (Å²) in [5, 5.41) is 9.06. The first kappa shape index (κ1) is 18.0. The van der Waals surface area contributed by atoms with Crippen molar-refractivity contribution in [1.82, 2.24) is 14.9 Å². The van der Waals surface area contributed by atoms with Crippen LogP contribution in [0.2, 0.25) is 0 Å². The van der Waals surface area contributed by atoms with E-state index in [0.29, 0.717) is 37.4 Å². The van der Waals surface area contributed by atoms with Crippen molar-refractivity contribution in [2.24, 2.45) is 5.92 Å². The summed E-state index contributed by atoms with van der Waals surface area (Å²) in [6, 6.07) is 0. The first-order chi connectivity index (χ1) is 10.5. The van der Waals surface area contributed by atoms with E-state index in [4.69, 9.17) is 9.84 Å². The summed E-state index contributed by atoms with van der Waals surface area (Å²) < 4.78 is 5.27. The Morgan fingerprint density at radius 3 is 2.77 bits per heavy atom. The number of ether oxygens (including phenoxy) is 1. The average molecular weight is 309 g/mol. The molecule has 0 aliphatic carbocycles. The van der Waals surface area contributed by atoms with E-state index in [1.165, 1.54) is 17.4 Å². The van der Waals surface area contributed by atoms with Crippen LogP contribution in [0, 0.1) is 12.8 Å². The van der Waals surface area contributed by atoms with Crippen LogP contribution in [-0.2, 0) is 9.53 Å². The molecule has 1 atom stereocenters. The molecular weight excluding hydrogens is 286 g/mol. The highest BCUT2D eigenvalue weighted by Gasteiger charge is 2.23. The number of rotatable bonds is 9. The number of hydrogen-bond donors (Lipinski definition) is 1. The number of carbonyl (C=O) groups is 2. The SMILES string of the molecule is CCOCCCN(CC(C)C(=O)O)C(=O)c1cncnc1C. The number of aryl methyl sites for hydroxylation is 1. The van der Waals surface area contributed by atoms with Crippen molar-refractivity contribution < 1.29 is 19.4 Å². The number of aromatic nitrogens is 2. The van der Waals surface area contributed by atoms with E-state index < -0.39 is 11.9 Å². The molecule has 0 aliphatic heterocycles. The van der Waals surface area contributed by atoms with Crippen molar-refractivity contribution in [3.63, 3.8) is 0 Å². The van der Waals surface area contributed by atoms with Gasteiger partial charge in [0.2, 0.25) is 0 Å². The van der Waals surface area contributed by atoms with Gasteiger partial charge in [0.25, 0.3) is 5.91 Å². The molecule has 7 heteroatoms. The zero-order chi connectivity index (χ0) is 16.5. The predicted molar refractivity (Wildman–Crippen MR) is 80.6 cm³/mol. The normalized spacial score (nSPS) is 12.0. The molecule has 1 aromatic rings. The van der Waals surface area contributed by atoms with Gasteiger partial charge in [-0.1, -0.05) is 6.92 Å². The van der Waals surface area contributed by atoms with Crippen molar-refractivity contribution in [3.05, 3.63) is 23.8 Å². The first-order valence-electron chi connectivity index (χ1n) is 7.33. The Morgan fingerprint density at radius 1 is 1.45 bits per heavy atom. The molecular formula is C15H23N3O4. The van der Waals surface area contributed by atoms with Crippen molar-refractivity contribution >= 4 is 11.9 Å². The van der Waals surface area contributed by atoms with E-state index in [1.807, 2.05) is 6.92 Å². The molecule has 0 spiro atoms. The molecule has 1 heterocycles. The number of hydrogen-bond acceptors (Lipinski definition) is 5. The zero-order valence-corrected chi connectivity index (χ0v) is 13.3. The molecule has 22 heavy (non-hydrogen) atoms. The van der Waals surface area contributed by atoms with E-state index in [2.05, 4.69) is 9.97 Å². The van der Waals surface area contributed by atoms with Crippen molar-refractivity contribution in [2.45, 2.75) is 27.2 Å². The monoisotopic (exact) mass is 309 g/mol. The summed E-state index contributed by atoms with van der Waals surface area (Å²) in [7, 11) is 0. The minimum Gasteiger partial charge on any atom is -0.481 e. The van der Waals surface area contributed by atoms with Crippen molar-refractivity contribution in [1.29, 1.82) is 0 Å². The first-order valence-corrected chi connectivity index (χ1v) is 7.33. The third kappa shape index (κ3) is 5.40. The van der Waals surface area contributed by atoms with Crippen LogP contribution < -0.4 is 0 Å². The zero-order valence-electron chi connectivity index (χ0n) is 13.3. The average Bonchev–Trinajstić information content (AvgIpc) is 2.49. The highest BCUT2D eigenvalue weighted by molar-refractivity contribution is 5.95. The molecule has 1 aromatic heterocycles. The molecule has 7 nitrogen and oxygen atoms in total. The van der Waals surface area contributed by atoms with Crippen molar-refractivity contribution in [3.8, 4) is 0 Å². The van der Waals surface area contributed by atoms with Crippen LogP contribution in [0.15, 0.2) is 12.5 Å². The largest absolute Gasteiger partial charge is 0.481 e. The molecule has 1 unspecified atom stereocenters. The molecule has 1 N–H and O–H groups in total. The van der Waals surface area contributed by atoms with Gasteiger partial charge in [0.15, 0.2) is 0 Å². The molecule has 0 saturated heterocycles. The van der Waals surface area contributed by atoms with Crippen LogP contribution in [0.25, 0.3) is 0 Å². The van der Waals surface area contributed by atoms with E-state index in [9.17, 15) is 9.59 Å². The van der Waals surface area contributed by atoms with E-state index in [1.54, 1.807) is 13.8 Å². The van der Waals surface area contributed by atoms with Gasteiger partial charge >= 0.3 is 5.97 Å². The Balaban J connectivity index is 2.81. The van der Waals surface area contributed by atoms with Crippen LogP contribution in [-0.4, -0.2) is 58.2 Å². The fourth-order valence-electron chi connectivity index (χ4n) is 1.96. The fraction of sp³-hybridized carbons (Fsp3) is 0.600. The topological polar surface area (TPSA) is 92.6 Å². The number of nitrogens with zero attached hydrogens (tertiary/aromatic N) is 3. The number of aliphatic carboxylic acids is 1. The fourth-order valence-corrected chi connectivity index (χ4v) is 1.96. The predicted octanol–water partition coefficient (Wildman–Crippen LogP) is 1.37. The lowest BCUT2D eigenvalue weighted by atomic mass is 10.1. The number of carboxylic acid groups (broad SMARTS) is 1. The molecule has 1 amide bonds. The quantitative estimate of drug-likeness (QED) is 0.693. The van der Waals surface area contributed by atoms with Gasteiger partial charge in [-0.25, -0.2) is 9.97 Å². The summed E-state index contributed by atoms with van der Waals surface area (Å²) >= 11 is 0. The van der Waals surface area contributed by atoms with Crippen LogP contribution in [0.5, 0.6) is 0 Å². The summed E-state index contributed by atoms with van der Waals surface area (Å²) in [5.41, 5.74) is 0.981. The lowest BCUT2D eigenvalue weighted by Gasteiger charge is -2.25. The minimum atomic E-state index is -0.927. The Morgan fingerprint density at radius 2 is 2.18 bits per heavy atom. The Kier molecular flexibility index (Phi) is 7.45. The Labute approximate surface area is 130 Å². The van der Waals surface area contributed by atoms with Gasteiger partial charge in [-0.2, -0.15) is 0 Å². The van der Waals surface area contributed by atoms with Gasteiger partial charge in [0, 0.05) is 32.5 Å². The third-order valence-corrected chi connectivity index (χ3v) is 3.27. The molecule has 0 bridgehead atoms. The second-order valence-electron chi connectivity index (χ2n) is 5.06. The van der Waals surface area contributed by atoms with Crippen molar-refractivity contribution in [2.75, 3.05) is 26.3 Å². The standard InChI is InChI=1S/C15H23N3O4/c1-4-22-7-5-6-18(9-11(2)15(20)21)14(19)13-8-16-10-17-12(13)3/h8,10-11H,4-7,9H2,1-3H3,(H,20,21). The van der Waals surface area contributed by atoms with Gasteiger partial charge in [-0.3, -0.25) is 9.59 Å². The molecule has 1 rings (SSSR count). The molecule has 0 aromatic carbocycles. The second-order valence-corrected chi connectivity index (χ2v) is 5.06. The van der Waals surface area contributed by atoms with Crippen LogP contribution >= 0.6 is 0 Å².